The molecule has 8 heteroatoms. The number of amides is 1. The summed E-state index contributed by atoms with van der Waals surface area (Å²) in [5, 5.41) is 13.9. The number of aryl methyl sites for hydroxylation is 1. The second-order valence-corrected chi connectivity index (χ2v) is 5.95. The van der Waals surface area contributed by atoms with Crippen LogP contribution in [0, 0.1) is 17.0 Å². The van der Waals surface area contributed by atoms with Crippen molar-refractivity contribution in [1.29, 1.82) is 0 Å². The van der Waals surface area contributed by atoms with Crippen molar-refractivity contribution >= 4 is 28.9 Å². The van der Waals surface area contributed by atoms with Crippen LogP contribution in [0.15, 0.2) is 30.3 Å². The molecule has 0 unspecified atom stereocenters. The zero-order chi connectivity index (χ0) is 18.0. The second kappa shape index (κ2) is 6.98. The first-order valence-electron chi connectivity index (χ1n) is 7.61. The first kappa shape index (κ1) is 17.0. The number of carbonyl (C=O) groups excluding carboxylic acids is 1. The molecular weight excluding hydrogens is 348 g/mol. The van der Waals surface area contributed by atoms with Crippen molar-refractivity contribution in [2.75, 3.05) is 18.5 Å². The molecule has 0 fully saturated rings. The highest BCUT2D eigenvalue weighted by molar-refractivity contribution is 6.34. The number of benzene rings is 2. The fraction of sp³-hybridized carbons (Fsp3) is 0.235. The van der Waals surface area contributed by atoms with Gasteiger partial charge in [-0.3, -0.25) is 14.9 Å². The van der Waals surface area contributed by atoms with Gasteiger partial charge in [0.05, 0.1) is 28.8 Å². The average Bonchev–Trinajstić information content (AvgIpc) is 2.79. The molecule has 0 spiro atoms. The summed E-state index contributed by atoms with van der Waals surface area (Å²) in [4.78, 5) is 22.8. The zero-order valence-electron chi connectivity index (χ0n) is 13.4. The van der Waals surface area contributed by atoms with Gasteiger partial charge in [-0.15, -0.1) is 0 Å². The van der Waals surface area contributed by atoms with Crippen molar-refractivity contribution in [1.82, 2.24) is 0 Å². The number of nitro benzene ring substituents is 1. The minimum absolute atomic E-state index is 0.0369. The Kier molecular flexibility index (Phi) is 4.76. The van der Waals surface area contributed by atoms with Crippen LogP contribution in [-0.4, -0.2) is 24.0 Å². The molecule has 0 saturated heterocycles. The van der Waals surface area contributed by atoms with E-state index in [2.05, 4.69) is 5.32 Å². The molecule has 1 N–H and O–H groups in total. The Balaban J connectivity index is 1.85. The first-order chi connectivity index (χ1) is 12.0. The van der Waals surface area contributed by atoms with E-state index in [0.717, 1.165) is 6.42 Å². The van der Waals surface area contributed by atoms with Gasteiger partial charge < -0.3 is 14.8 Å². The Hall–Kier alpha value is -2.80. The van der Waals surface area contributed by atoms with Crippen LogP contribution in [0.4, 0.5) is 11.4 Å². The zero-order valence-corrected chi connectivity index (χ0v) is 14.1. The summed E-state index contributed by atoms with van der Waals surface area (Å²) in [6, 6.07) is 7.37. The molecule has 7 nitrogen and oxygen atoms in total. The van der Waals surface area contributed by atoms with Crippen LogP contribution in [0.1, 0.15) is 22.3 Å². The molecule has 0 radical (unpaired) electrons. The first-order valence-corrected chi connectivity index (χ1v) is 7.99. The van der Waals surface area contributed by atoms with Crippen molar-refractivity contribution in [3.05, 3.63) is 56.6 Å². The van der Waals surface area contributed by atoms with Gasteiger partial charge in [0.2, 0.25) is 0 Å². The van der Waals surface area contributed by atoms with E-state index < -0.39 is 10.8 Å². The maximum atomic E-state index is 12.4. The van der Waals surface area contributed by atoms with Gasteiger partial charge in [-0.25, -0.2) is 0 Å². The summed E-state index contributed by atoms with van der Waals surface area (Å²) < 4.78 is 11.1. The third-order valence-corrected chi connectivity index (χ3v) is 4.05. The maximum Gasteiger partial charge on any atom is 0.272 e. The van der Waals surface area contributed by atoms with Gasteiger partial charge in [0.1, 0.15) is 0 Å². The van der Waals surface area contributed by atoms with Crippen molar-refractivity contribution in [3.63, 3.8) is 0 Å². The lowest BCUT2D eigenvalue weighted by molar-refractivity contribution is -0.385. The van der Waals surface area contributed by atoms with Gasteiger partial charge in [0, 0.05) is 35.7 Å². The smallest absolute Gasteiger partial charge is 0.272 e. The summed E-state index contributed by atoms with van der Waals surface area (Å²) in [7, 11) is 0. The largest absolute Gasteiger partial charge is 0.490 e. The predicted molar refractivity (Wildman–Crippen MR) is 92.8 cm³/mol. The minimum Gasteiger partial charge on any atom is -0.490 e. The van der Waals surface area contributed by atoms with E-state index in [-0.39, 0.29) is 5.69 Å². The molecule has 1 aliphatic rings. The van der Waals surface area contributed by atoms with Gasteiger partial charge >= 0.3 is 0 Å². The summed E-state index contributed by atoms with van der Waals surface area (Å²) in [6.45, 7) is 2.64. The van der Waals surface area contributed by atoms with Gasteiger partial charge in [-0.1, -0.05) is 11.6 Å². The van der Waals surface area contributed by atoms with E-state index in [0.29, 0.717) is 46.5 Å². The fourth-order valence-electron chi connectivity index (χ4n) is 2.48. The lowest BCUT2D eigenvalue weighted by atomic mass is 10.1. The topological polar surface area (TPSA) is 90.7 Å². The monoisotopic (exact) mass is 362 g/mol. The molecule has 1 aliphatic heterocycles. The van der Waals surface area contributed by atoms with E-state index in [1.165, 1.54) is 18.2 Å². The number of rotatable bonds is 3. The van der Waals surface area contributed by atoms with Crippen LogP contribution in [0.5, 0.6) is 11.5 Å². The Labute approximate surface area is 148 Å². The Bertz CT molecular complexity index is 853. The summed E-state index contributed by atoms with van der Waals surface area (Å²) >= 11 is 6.20. The molecular formula is C17H15ClN2O5. The molecule has 3 rings (SSSR count). The molecule has 0 bridgehead atoms. The highest BCUT2D eigenvalue weighted by atomic mass is 35.5. The lowest BCUT2D eigenvalue weighted by Crippen LogP contribution is -2.13. The second-order valence-electron chi connectivity index (χ2n) is 5.54. The van der Waals surface area contributed by atoms with Crippen LogP contribution in [0.25, 0.3) is 0 Å². The van der Waals surface area contributed by atoms with E-state index >= 15 is 0 Å². The van der Waals surface area contributed by atoms with E-state index in [4.69, 9.17) is 21.1 Å². The summed E-state index contributed by atoms with van der Waals surface area (Å²) in [5.41, 5.74) is 1.05. The van der Waals surface area contributed by atoms with Crippen LogP contribution < -0.4 is 14.8 Å². The molecule has 130 valence electrons. The average molecular weight is 363 g/mol. The van der Waals surface area contributed by atoms with Crippen molar-refractivity contribution < 1.29 is 19.2 Å². The van der Waals surface area contributed by atoms with Crippen molar-refractivity contribution in [3.8, 4) is 11.5 Å². The molecule has 25 heavy (non-hydrogen) atoms. The van der Waals surface area contributed by atoms with Crippen LogP contribution >= 0.6 is 11.6 Å². The standard InChI is InChI=1S/C17H15ClN2O5/c1-10-7-11(3-4-14(10)20(22)23)17(21)19-13-9-16-15(8-12(13)18)24-5-2-6-25-16/h3-4,7-9H,2,5-6H2,1H3,(H,19,21). The Morgan fingerprint density at radius 3 is 2.52 bits per heavy atom. The number of halogens is 1. The number of nitrogens with one attached hydrogen (secondary N) is 1. The number of carbonyl (C=O) groups is 1. The van der Waals surface area contributed by atoms with Gasteiger partial charge in [0.25, 0.3) is 11.6 Å². The highest BCUT2D eigenvalue weighted by Crippen LogP contribution is 2.37. The Morgan fingerprint density at radius 1 is 1.20 bits per heavy atom. The molecule has 2 aromatic carbocycles. The minimum atomic E-state index is -0.488. The third kappa shape index (κ3) is 3.66. The number of hydrogen-bond acceptors (Lipinski definition) is 5. The molecule has 0 atom stereocenters. The van der Waals surface area contributed by atoms with Gasteiger partial charge in [0.15, 0.2) is 11.5 Å². The van der Waals surface area contributed by atoms with E-state index in [9.17, 15) is 14.9 Å². The SMILES string of the molecule is Cc1cc(C(=O)Nc2cc3c(cc2Cl)OCCCO3)ccc1[N+](=O)[O-]. The van der Waals surface area contributed by atoms with Crippen LogP contribution in [0.3, 0.4) is 0 Å². The maximum absolute atomic E-state index is 12.4. The number of nitro groups is 1. The number of ether oxygens (including phenoxy) is 2. The highest BCUT2D eigenvalue weighted by Gasteiger charge is 2.18. The molecule has 2 aromatic rings. The van der Waals surface area contributed by atoms with Gasteiger partial charge in [-0.05, 0) is 19.1 Å². The van der Waals surface area contributed by atoms with Crippen molar-refractivity contribution in [2.45, 2.75) is 13.3 Å². The quantitative estimate of drug-likeness (QED) is 0.659. The number of anilines is 1. The van der Waals surface area contributed by atoms with Crippen LogP contribution in [0.2, 0.25) is 5.02 Å². The van der Waals surface area contributed by atoms with E-state index in [1.807, 2.05) is 0 Å². The Morgan fingerprint density at radius 2 is 1.88 bits per heavy atom. The molecule has 1 amide bonds. The lowest BCUT2D eigenvalue weighted by Gasteiger charge is -2.12. The fourth-order valence-corrected chi connectivity index (χ4v) is 2.68. The van der Waals surface area contributed by atoms with Crippen LogP contribution in [-0.2, 0) is 0 Å². The summed E-state index contributed by atoms with van der Waals surface area (Å²) in [6.07, 6.45) is 0.760. The third-order valence-electron chi connectivity index (χ3n) is 3.74. The van der Waals surface area contributed by atoms with Crippen molar-refractivity contribution in [2.24, 2.45) is 0 Å². The number of fused-ring (bicyclic) bond motifs is 1. The normalized spacial score (nSPS) is 13.0. The molecule has 0 aromatic heterocycles. The molecule has 0 aliphatic carbocycles. The molecule has 1 heterocycles. The summed E-state index contributed by atoms with van der Waals surface area (Å²) in [5.74, 6) is 0.623. The van der Waals surface area contributed by atoms with E-state index in [1.54, 1.807) is 19.1 Å². The molecule has 0 saturated carbocycles. The predicted octanol–water partition coefficient (Wildman–Crippen LogP) is 3.97. The van der Waals surface area contributed by atoms with Gasteiger partial charge in [-0.2, -0.15) is 0 Å². The number of hydrogen-bond donors (Lipinski definition) is 1. The number of nitrogens with zero attached hydrogens (tertiary/aromatic N) is 1.